The van der Waals surface area contributed by atoms with Crippen LogP contribution in [0.3, 0.4) is 0 Å². The van der Waals surface area contributed by atoms with Crippen LogP contribution in [0.1, 0.15) is 32.1 Å². The Balaban J connectivity index is 1.68. The number of nitrogens with zero attached hydrogens (tertiary/aromatic N) is 2. The second kappa shape index (κ2) is 8.30. The summed E-state index contributed by atoms with van der Waals surface area (Å²) in [5.41, 5.74) is 3.88. The van der Waals surface area contributed by atoms with Crippen LogP contribution in [0.25, 0.3) is 0 Å². The van der Waals surface area contributed by atoms with Crippen molar-refractivity contribution in [3.8, 4) is 0 Å². The van der Waals surface area contributed by atoms with Gasteiger partial charge in [-0.3, -0.25) is 4.79 Å². The fourth-order valence-corrected chi connectivity index (χ4v) is 2.66. The second-order valence-corrected chi connectivity index (χ2v) is 6.20. The first-order chi connectivity index (χ1) is 13.4. The van der Waals surface area contributed by atoms with Crippen molar-refractivity contribution in [1.29, 1.82) is 0 Å². The third kappa shape index (κ3) is 4.70. The number of hydrogen-bond donors (Lipinski definition) is 2. The average molecular weight is 376 g/mol. The van der Waals surface area contributed by atoms with E-state index < -0.39 is 5.97 Å². The van der Waals surface area contributed by atoms with Gasteiger partial charge in [-0.05, 0) is 62.4 Å². The first kappa shape index (κ1) is 19.0. The van der Waals surface area contributed by atoms with E-state index in [2.05, 4.69) is 25.3 Å². The number of esters is 1. The predicted octanol–water partition coefficient (Wildman–Crippen LogP) is 3.88. The molecule has 1 aromatic heterocycles. The molecule has 28 heavy (non-hydrogen) atoms. The number of ether oxygens (including phenoxy) is 1. The van der Waals surface area contributed by atoms with E-state index in [0.717, 1.165) is 17.1 Å². The van der Waals surface area contributed by atoms with Crippen LogP contribution in [0.4, 0.5) is 17.3 Å². The zero-order valence-electron chi connectivity index (χ0n) is 15.8. The zero-order chi connectivity index (χ0) is 20.1. The highest BCUT2D eigenvalue weighted by Gasteiger charge is 2.11. The van der Waals surface area contributed by atoms with Gasteiger partial charge in [0.25, 0.3) is 5.91 Å². The third-order valence-electron chi connectivity index (χ3n) is 3.93. The number of aromatic nitrogens is 2. The highest BCUT2D eigenvalue weighted by atomic mass is 16.5. The summed E-state index contributed by atoms with van der Waals surface area (Å²) < 4.78 is 4.68. The molecule has 0 bridgehead atoms. The van der Waals surface area contributed by atoms with Crippen LogP contribution in [0.5, 0.6) is 0 Å². The van der Waals surface area contributed by atoms with Crippen LogP contribution in [-0.2, 0) is 4.74 Å². The lowest BCUT2D eigenvalue weighted by molar-refractivity contribution is 0.0600. The van der Waals surface area contributed by atoms with E-state index >= 15 is 0 Å². The molecule has 0 saturated carbocycles. The minimum absolute atomic E-state index is 0.316. The van der Waals surface area contributed by atoms with Gasteiger partial charge < -0.3 is 15.4 Å². The Morgan fingerprint density at radius 3 is 2.11 bits per heavy atom. The SMILES string of the molecule is COC(=O)c1cccc(C(=O)Nc2ccc(Nc3nc(C)cc(C)n3)cc2)c1. The maximum absolute atomic E-state index is 12.4. The van der Waals surface area contributed by atoms with Crippen molar-refractivity contribution in [3.05, 3.63) is 77.1 Å². The van der Waals surface area contributed by atoms with Crippen LogP contribution in [0, 0.1) is 13.8 Å². The summed E-state index contributed by atoms with van der Waals surface area (Å²) in [7, 11) is 1.30. The van der Waals surface area contributed by atoms with E-state index in [1.54, 1.807) is 30.3 Å². The first-order valence-corrected chi connectivity index (χ1v) is 8.64. The van der Waals surface area contributed by atoms with Crippen LogP contribution in [-0.4, -0.2) is 29.0 Å². The molecule has 0 spiro atoms. The highest BCUT2D eigenvalue weighted by molar-refractivity contribution is 6.05. The number of carbonyl (C=O) groups excluding carboxylic acids is 2. The smallest absolute Gasteiger partial charge is 0.337 e. The molecule has 3 aromatic rings. The van der Waals surface area contributed by atoms with Crippen molar-refractivity contribution < 1.29 is 14.3 Å². The zero-order valence-corrected chi connectivity index (χ0v) is 15.8. The third-order valence-corrected chi connectivity index (χ3v) is 3.93. The van der Waals surface area contributed by atoms with Crippen molar-refractivity contribution in [2.75, 3.05) is 17.7 Å². The summed E-state index contributed by atoms with van der Waals surface area (Å²) >= 11 is 0. The summed E-state index contributed by atoms with van der Waals surface area (Å²) in [6.07, 6.45) is 0. The van der Waals surface area contributed by atoms with Gasteiger partial charge in [-0.2, -0.15) is 0 Å². The van der Waals surface area contributed by atoms with Crippen LogP contribution in [0.2, 0.25) is 0 Å². The van der Waals surface area contributed by atoms with E-state index in [9.17, 15) is 9.59 Å². The molecule has 0 saturated heterocycles. The molecule has 0 atom stereocenters. The Kier molecular flexibility index (Phi) is 5.64. The minimum Gasteiger partial charge on any atom is -0.465 e. The number of amides is 1. The number of nitrogens with one attached hydrogen (secondary N) is 2. The van der Waals surface area contributed by atoms with E-state index in [0.29, 0.717) is 22.8 Å². The first-order valence-electron chi connectivity index (χ1n) is 8.64. The number of methoxy groups -OCH3 is 1. The number of hydrogen-bond acceptors (Lipinski definition) is 6. The van der Waals surface area contributed by atoms with E-state index in [4.69, 9.17) is 0 Å². The summed E-state index contributed by atoms with van der Waals surface area (Å²) in [6.45, 7) is 3.82. The molecule has 1 heterocycles. The topological polar surface area (TPSA) is 93.2 Å². The van der Waals surface area contributed by atoms with E-state index in [-0.39, 0.29) is 5.91 Å². The fraction of sp³-hybridized carbons (Fsp3) is 0.143. The van der Waals surface area contributed by atoms with Gasteiger partial charge >= 0.3 is 5.97 Å². The van der Waals surface area contributed by atoms with Crippen molar-refractivity contribution in [1.82, 2.24) is 9.97 Å². The number of anilines is 3. The fourth-order valence-electron chi connectivity index (χ4n) is 2.66. The van der Waals surface area contributed by atoms with E-state index in [1.165, 1.54) is 13.2 Å². The van der Waals surface area contributed by atoms with Gasteiger partial charge in [-0.1, -0.05) is 6.07 Å². The van der Waals surface area contributed by atoms with E-state index in [1.807, 2.05) is 32.0 Å². The van der Waals surface area contributed by atoms with Crippen molar-refractivity contribution in [2.24, 2.45) is 0 Å². The van der Waals surface area contributed by atoms with Gasteiger partial charge in [0.15, 0.2) is 0 Å². The Hall–Kier alpha value is -3.74. The van der Waals surface area contributed by atoms with Gasteiger partial charge in [0.2, 0.25) is 5.95 Å². The molecular formula is C21H20N4O3. The summed E-state index contributed by atoms with van der Waals surface area (Å²) in [6, 6.07) is 15.4. The number of aryl methyl sites for hydroxylation is 2. The number of rotatable bonds is 5. The van der Waals surface area contributed by atoms with Crippen LogP contribution in [0.15, 0.2) is 54.6 Å². The van der Waals surface area contributed by atoms with Crippen molar-refractivity contribution in [3.63, 3.8) is 0 Å². The molecule has 2 aromatic carbocycles. The summed E-state index contributed by atoms with van der Waals surface area (Å²) in [5.74, 6) is -0.281. The molecule has 7 heteroatoms. The highest BCUT2D eigenvalue weighted by Crippen LogP contribution is 2.18. The molecule has 0 radical (unpaired) electrons. The lowest BCUT2D eigenvalue weighted by Crippen LogP contribution is -2.13. The molecule has 1 amide bonds. The second-order valence-electron chi connectivity index (χ2n) is 6.20. The monoisotopic (exact) mass is 376 g/mol. The molecule has 7 nitrogen and oxygen atoms in total. The van der Waals surface area contributed by atoms with Crippen LogP contribution < -0.4 is 10.6 Å². The van der Waals surface area contributed by atoms with Gasteiger partial charge in [-0.15, -0.1) is 0 Å². The normalized spacial score (nSPS) is 10.2. The quantitative estimate of drug-likeness (QED) is 0.657. The molecule has 0 aliphatic heterocycles. The van der Waals surface area contributed by atoms with Crippen molar-refractivity contribution >= 4 is 29.2 Å². The Labute approximate surface area is 162 Å². The lowest BCUT2D eigenvalue weighted by Gasteiger charge is -2.09. The van der Waals surface area contributed by atoms with Gasteiger partial charge in [-0.25, -0.2) is 14.8 Å². The largest absolute Gasteiger partial charge is 0.465 e. The maximum Gasteiger partial charge on any atom is 0.337 e. The number of benzene rings is 2. The average Bonchev–Trinajstić information content (AvgIpc) is 2.68. The molecule has 0 aliphatic rings. The van der Waals surface area contributed by atoms with Crippen LogP contribution >= 0.6 is 0 Å². The van der Waals surface area contributed by atoms with Crippen molar-refractivity contribution in [2.45, 2.75) is 13.8 Å². The van der Waals surface area contributed by atoms with Gasteiger partial charge in [0, 0.05) is 28.3 Å². The summed E-state index contributed by atoms with van der Waals surface area (Å²) in [4.78, 5) is 32.7. The molecule has 3 rings (SSSR count). The van der Waals surface area contributed by atoms with Gasteiger partial charge in [0.05, 0.1) is 12.7 Å². The molecule has 0 unspecified atom stereocenters. The molecule has 0 aliphatic carbocycles. The maximum atomic E-state index is 12.4. The Morgan fingerprint density at radius 2 is 1.46 bits per heavy atom. The molecule has 2 N–H and O–H groups in total. The lowest BCUT2D eigenvalue weighted by atomic mass is 10.1. The molecule has 142 valence electrons. The molecule has 0 fully saturated rings. The van der Waals surface area contributed by atoms with Gasteiger partial charge in [0.1, 0.15) is 0 Å². The summed E-state index contributed by atoms with van der Waals surface area (Å²) in [5, 5.41) is 5.94. The predicted molar refractivity (Wildman–Crippen MR) is 107 cm³/mol. The Bertz CT molecular complexity index is 996. The standard InChI is InChI=1S/C21H20N4O3/c1-13-11-14(2)23-21(22-13)25-18-9-7-17(8-10-18)24-19(26)15-5-4-6-16(12-15)20(27)28-3/h4-12H,1-3H3,(H,24,26)(H,22,23,25). The molecular weight excluding hydrogens is 356 g/mol. The number of carbonyl (C=O) groups is 2. The Morgan fingerprint density at radius 1 is 0.857 bits per heavy atom. The minimum atomic E-state index is -0.487.